The third kappa shape index (κ3) is 3.08. The van der Waals surface area contributed by atoms with E-state index in [-0.39, 0.29) is 0 Å². The number of nitrogens with one attached hydrogen (secondary N) is 1. The lowest BCUT2D eigenvalue weighted by Crippen LogP contribution is -2.27. The second kappa shape index (κ2) is 6.03. The zero-order valence-electron chi connectivity index (χ0n) is 11.1. The molecule has 3 rings (SSSR count). The van der Waals surface area contributed by atoms with Gasteiger partial charge in [0.25, 0.3) is 0 Å². The molecule has 104 valence electrons. The van der Waals surface area contributed by atoms with E-state index in [1.807, 2.05) is 12.4 Å². The lowest BCUT2D eigenvalue weighted by atomic mass is 10.1. The number of thiophene rings is 1. The fourth-order valence-corrected chi connectivity index (χ4v) is 3.15. The van der Waals surface area contributed by atoms with Crippen molar-refractivity contribution in [1.82, 2.24) is 19.7 Å². The van der Waals surface area contributed by atoms with Gasteiger partial charge in [-0.1, -0.05) is 0 Å². The summed E-state index contributed by atoms with van der Waals surface area (Å²) in [5.74, 6) is 0. The lowest BCUT2D eigenvalue weighted by Gasteiger charge is -2.12. The summed E-state index contributed by atoms with van der Waals surface area (Å²) >= 11 is 5.14. The Hall–Kier alpha value is -1.24. The van der Waals surface area contributed by atoms with Gasteiger partial charge in [0.05, 0.1) is 18.1 Å². The average molecular weight is 351 g/mol. The molecule has 0 aliphatic heterocycles. The molecule has 0 aliphatic rings. The summed E-state index contributed by atoms with van der Waals surface area (Å²) in [7, 11) is 0. The number of imidazole rings is 1. The number of nitrogens with zero attached hydrogens (tertiary/aromatic N) is 3. The highest BCUT2D eigenvalue weighted by atomic mass is 79.9. The highest BCUT2D eigenvalue weighted by molar-refractivity contribution is 9.10. The van der Waals surface area contributed by atoms with Crippen molar-refractivity contribution in [3.63, 3.8) is 0 Å². The van der Waals surface area contributed by atoms with Crippen molar-refractivity contribution in [2.45, 2.75) is 25.9 Å². The SMILES string of the molecule is CC(Cc1ccsc1)NCc1cnc2cnc(Br)cn12. The number of fused-ring (bicyclic) bond motifs is 1. The Bertz CT molecular complexity index is 692. The van der Waals surface area contributed by atoms with Crippen LogP contribution in [0.2, 0.25) is 0 Å². The molecule has 0 aliphatic carbocycles. The Labute approximate surface area is 130 Å². The third-order valence-electron chi connectivity index (χ3n) is 3.19. The Kier molecular flexibility index (Phi) is 4.14. The normalized spacial score (nSPS) is 12.9. The van der Waals surface area contributed by atoms with E-state index in [1.165, 1.54) is 5.56 Å². The first kappa shape index (κ1) is 13.7. The minimum atomic E-state index is 0.431. The van der Waals surface area contributed by atoms with Crippen LogP contribution >= 0.6 is 27.3 Å². The number of aromatic nitrogens is 3. The van der Waals surface area contributed by atoms with Gasteiger partial charge in [0, 0.05) is 18.8 Å². The minimum Gasteiger partial charge on any atom is -0.308 e. The molecule has 0 aromatic carbocycles. The van der Waals surface area contributed by atoms with Crippen molar-refractivity contribution in [1.29, 1.82) is 0 Å². The van der Waals surface area contributed by atoms with Crippen LogP contribution in [0.4, 0.5) is 0 Å². The summed E-state index contributed by atoms with van der Waals surface area (Å²) in [6.45, 7) is 3.00. The molecule has 3 aromatic heterocycles. The van der Waals surface area contributed by atoms with Gasteiger partial charge in [-0.15, -0.1) is 0 Å². The molecular formula is C14H15BrN4S. The van der Waals surface area contributed by atoms with Gasteiger partial charge in [-0.3, -0.25) is 4.40 Å². The smallest absolute Gasteiger partial charge is 0.155 e. The molecule has 20 heavy (non-hydrogen) atoms. The van der Waals surface area contributed by atoms with Crippen LogP contribution in [0.3, 0.4) is 0 Å². The fraction of sp³-hybridized carbons (Fsp3) is 0.286. The Morgan fingerprint density at radius 3 is 3.10 bits per heavy atom. The van der Waals surface area contributed by atoms with Crippen LogP contribution in [0.1, 0.15) is 18.2 Å². The maximum absolute atomic E-state index is 4.35. The summed E-state index contributed by atoms with van der Waals surface area (Å²) in [4.78, 5) is 8.53. The quantitative estimate of drug-likeness (QED) is 0.767. The van der Waals surface area contributed by atoms with Gasteiger partial charge in [-0.25, -0.2) is 9.97 Å². The number of halogens is 1. The number of rotatable bonds is 5. The van der Waals surface area contributed by atoms with Crippen LogP contribution in [0.25, 0.3) is 5.65 Å². The van der Waals surface area contributed by atoms with Gasteiger partial charge in [0.1, 0.15) is 4.60 Å². The van der Waals surface area contributed by atoms with Gasteiger partial charge in [-0.05, 0) is 51.7 Å². The predicted octanol–water partition coefficient (Wildman–Crippen LogP) is 3.27. The lowest BCUT2D eigenvalue weighted by molar-refractivity contribution is 0.539. The minimum absolute atomic E-state index is 0.431. The van der Waals surface area contributed by atoms with E-state index >= 15 is 0 Å². The highest BCUT2D eigenvalue weighted by Crippen LogP contribution is 2.12. The van der Waals surface area contributed by atoms with Gasteiger partial charge in [0.15, 0.2) is 5.65 Å². The molecule has 4 nitrogen and oxygen atoms in total. The molecule has 3 heterocycles. The van der Waals surface area contributed by atoms with E-state index in [0.29, 0.717) is 6.04 Å². The number of hydrogen-bond acceptors (Lipinski definition) is 4. The van der Waals surface area contributed by atoms with Gasteiger partial charge in [0.2, 0.25) is 0 Å². The van der Waals surface area contributed by atoms with Crippen LogP contribution < -0.4 is 5.32 Å². The van der Waals surface area contributed by atoms with E-state index in [2.05, 4.69) is 59.4 Å². The van der Waals surface area contributed by atoms with Crippen molar-refractivity contribution in [3.8, 4) is 0 Å². The molecule has 1 N–H and O–H groups in total. The maximum Gasteiger partial charge on any atom is 0.155 e. The molecular weight excluding hydrogens is 336 g/mol. The monoisotopic (exact) mass is 350 g/mol. The molecule has 3 aromatic rings. The maximum atomic E-state index is 4.35. The van der Waals surface area contributed by atoms with Crippen molar-refractivity contribution < 1.29 is 0 Å². The Morgan fingerprint density at radius 1 is 1.40 bits per heavy atom. The highest BCUT2D eigenvalue weighted by Gasteiger charge is 2.07. The third-order valence-corrected chi connectivity index (χ3v) is 4.34. The van der Waals surface area contributed by atoms with Gasteiger partial charge < -0.3 is 5.32 Å². The first-order valence-electron chi connectivity index (χ1n) is 6.44. The zero-order valence-corrected chi connectivity index (χ0v) is 13.5. The molecule has 0 radical (unpaired) electrons. The topological polar surface area (TPSA) is 42.2 Å². The summed E-state index contributed by atoms with van der Waals surface area (Å²) in [5, 5.41) is 7.87. The summed E-state index contributed by atoms with van der Waals surface area (Å²) in [6, 6.07) is 2.61. The van der Waals surface area contributed by atoms with E-state index in [4.69, 9.17) is 0 Å². The predicted molar refractivity (Wildman–Crippen MR) is 85.0 cm³/mol. The molecule has 0 saturated heterocycles. The Morgan fingerprint density at radius 2 is 2.30 bits per heavy atom. The molecule has 0 amide bonds. The standard InChI is InChI=1S/C14H15BrN4S/c1-10(4-11-2-3-20-9-11)16-5-12-6-18-14-7-17-13(15)8-19(12)14/h2-3,6-10,16H,4-5H2,1H3. The first-order chi connectivity index (χ1) is 9.72. The Balaban J connectivity index is 1.66. The van der Waals surface area contributed by atoms with Crippen LogP contribution in [-0.4, -0.2) is 20.4 Å². The summed E-state index contributed by atoms with van der Waals surface area (Å²) in [5.41, 5.74) is 3.40. The summed E-state index contributed by atoms with van der Waals surface area (Å²) in [6.07, 6.45) is 6.66. The van der Waals surface area contributed by atoms with Crippen LogP contribution in [-0.2, 0) is 13.0 Å². The second-order valence-electron chi connectivity index (χ2n) is 4.81. The molecule has 1 atom stereocenters. The first-order valence-corrected chi connectivity index (χ1v) is 8.18. The van der Waals surface area contributed by atoms with E-state index in [9.17, 15) is 0 Å². The molecule has 6 heteroatoms. The molecule has 1 unspecified atom stereocenters. The molecule has 0 bridgehead atoms. The van der Waals surface area contributed by atoms with Crippen molar-refractivity contribution in [3.05, 3.63) is 51.3 Å². The van der Waals surface area contributed by atoms with Crippen molar-refractivity contribution >= 4 is 32.9 Å². The van der Waals surface area contributed by atoms with E-state index in [0.717, 1.165) is 28.9 Å². The van der Waals surface area contributed by atoms with Crippen LogP contribution in [0, 0.1) is 0 Å². The van der Waals surface area contributed by atoms with E-state index < -0.39 is 0 Å². The summed E-state index contributed by atoms with van der Waals surface area (Å²) < 4.78 is 2.87. The number of hydrogen-bond donors (Lipinski definition) is 1. The average Bonchev–Trinajstić information content (AvgIpc) is 3.05. The zero-order chi connectivity index (χ0) is 13.9. The molecule has 0 spiro atoms. The largest absolute Gasteiger partial charge is 0.308 e. The van der Waals surface area contributed by atoms with Crippen molar-refractivity contribution in [2.75, 3.05) is 0 Å². The van der Waals surface area contributed by atoms with Crippen LogP contribution in [0.5, 0.6) is 0 Å². The van der Waals surface area contributed by atoms with Crippen molar-refractivity contribution in [2.24, 2.45) is 0 Å². The van der Waals surface area contributed by atoms with E-state index in [1.54, 1.807) is 17.5 Å². The molecule has 0 saturated carbocycles. The molecule has 0 fully saturated rings. The van der Waals surface area contributed by atoms with Crippen LogP contribution in [0.15, 0.2) is 40.0 Å². The van der Waals surface area contributed by atoms with Gasteiger partial charge in [-0.2, -0.15) is 11.3 Å². The van der Waals surface area contributed by atoms with Gasteiger partial charge >= 0.3 is 0 Å². The fourth-order valence-electron chi connectivity index (χ4n) is 2.16. The second-order valence-corrected chi connectivity index (χ2v) is 6.40.